The van der Waals surface area contributed by atoms with E-state index in [1.54, 1.807) is 36.4 Å². The molecular weight excluding hydrogens is 228 g/mol. The Kier molecular flexibility index (Phi) is 3.63. The van der Waals surface area contributed by atoms with Gasteiger partial charge in [0.2, 0.25) is 0 Å². The summed E-state index contributed by atoms with van der Waals surface area (Å²) in [6.07, 6.45) is 0.354. The number of phenolic OH excluding ortho intramolecular Hbond substituents is 1. The highest BCUT2D eigenvalue weighted by molar-refractivity contribution is 5.74. The van der Waals surface area contributed by atoms with Gasteiger partial charge in [-0.25, -0.2) is 0 Å². The number of carbonyl (C=O) groups is 1. The third-order valence-electron chi connectivity index (χ3n) is 2.86. The second kappa shape index (κ2) is 5.36. The van der Waals surface area contributed by atoms with E-state index >= 15 is 0 Å². The number of hydrogen-bond donors (Lipinski definition) is 1. The van der Waals surface area contributed by atoms with Gasteiger partial charge >= 0.3 is 0 Å². The Morgan fingerprint density at radius 1 is 1.06 bits per heavy atom. The topological polar surface area (TPSA) is 60.4 Å². The van der Waals surface area contributed by atoms with Gasteiger partial charge in [-0.1, -0.05) is 42.5 Å². The van der Waals surface area contributed by atoms with Crippen molar-refractivity contribution in [3.05, 3.63) is 65.7 Å². The Hall–Kier alpha value is -2.29. The first kappa shape index (κ1) is 12.2. The molecular formula is C15H13O3-. The van der Waals surface area contributed by atoms with Gasteiger partial charge in [0.25, 0.3) is 0 Å². The maximum Gasteiger partial charge on any atom is 0.115 e. The van der Waals surface area contributed by atoms with E-state index in [-0.39, 0.29) is 5.75 Å². The zero-order valence-corrected chi connectivity index (χ0v) is 9.74. The first-order valence-corrected chi connectivity index (χ1v) is 5.70. The molecule has 0 aliphatic carbocycles. The summed E-state index contributed by atoms with van der Waals surface area (Å²) >= 11 is 0. The van der Waals surface area contributed by atoms with Crippen molar-refractivity contribution in [3.8, 4) is 5.75 Å². The van der Waals surface area contributed by atoms with Crippen LogP contribution in [0.5, 0.6) is 5.75 Å². The second-order valence-corrected chi connectivity index (χ2v) is 4.15. The number of rotatable bonds is 4. The summed E-state index contributed by atoms with van der Waals surface area (Å²) in [5, 5.41) is 20.4. The maximum absolute atomic E-state index is 11.2. The van der Waals surface area contributed by atoms with Gasteiger partial charge in [-0.05, 0) is 29.7 Å². The first-order valence-electron chi connectivity index (χ1n) is 5.70. The van der Waals surface area contributed by atoms with E-state index in [2.05, 4.69) is 0 Å². The zero-order chi connectivity index (χ0) is 13.0. The third-order valence-corrected chi connectivity index (χ3v) is 2.86. The van der Waals surface area contributed by atoms with Gasteiger partial charge in [0.15, 0.2) is 0 Å². The first-order chi connectivity index (χ1) is 8.66. The zero-order valence-electron chi connectivity index (χ0n) is 9.74. The quantitative estimate of drug-likeness (QED) is 0.881. The highest BCUT2D eigenvalue weighted by Gasteiger charge is 2.13. The van der Waals surface area contributed by atoms with Gasteiger partial charge in [0.1, 0.15) is 5.75 Å². The summed E-state index contributed by atoms with van der Waals surface area (Å²) in [4.78, 5) is 11.2. The van der Waals surface area contributed by atoms with Gasteiger partial charge in [-0.3, -0.25) is 0 Å². The highest BCUT2D eigenvalue weighted by Crippen LogP contribution is 2.21. The van der Waals surface area contributed by atoms with Crippen molar-refractivity contribution in [1.82, 2.24) is 0 Å². The maximum atomic E-state index is 11.2. The summed E-state index contributed by atoms with van der Waals surface area (Å²) < 4.78 is 0. The van der Waals surface area contributed by atoms with E-state index < -0.39 is 11.9 Å². The van der Waals surface area contributed by atoms with Crippen molar-refractivity contribution in [3.63, 3.8) is 0 Å². The summed E-state index contributed by atoms with van der Waals surface area (Å²) in [6.45, 7) is 0. The van der Waals surface area contributed by atoms with Crippen LogP contribution in [0.15, 0.2) is 54.6 Å². The molecule has 18 heavy (non-hydrogen) atoms. The Labute approximate surface area is 105 Å². The number of aromatic hydroxyl groups is 1. The average Bonchev–Trinajstić information content (AvgIpc) is 2.38. The molecule has 0 heterocycles. The summed E-state index contributed by atoms with van der Waals surface area (Å²) in [5.41, 5.74) is 1.58. The van der Waals surface area contributed by atoms with Crippen LogP contribution in [0.25, 0.3) is 0 Å². The molecule has 0 aromatic heterocycles. The molecule has 92 valence electrons. The number of carboxylic acid groups (broad SMARTS) is 1. The molecule has 0 unspecified atom stereocenters. The lowest BCUT2D eigenvalue weighted by Gasteiger charge is -2.18. The van der Waals surface area contributed by atoms with Crippen molar-refractivity contribution >= 4 is 5.97 Å². The molecule has 2 rings (SSSR count). The lowest BCUT2D eigenvalue weighted by Crippen LogP contribution is -2.31. The summed E-state index contributed by atoms with van der Waals surface area (Å²) in [5.74, 6) is -1.59. The molecule has 0 aliphatic heterocycles. The fraction of sp³-hybridized carbons (Fsp3) is 0.133. The van der Waals surface area contributed by atoms with Crippen LogP contribution in [0.3, 0.4) is 0 Å². The van der Waals surface area contributed by atoms with Gasteiger partial charge in [-0.15, -0.1) is 0 Å². The van der Waals surface area contributed by atoms with E-state index in [4.69, 9.17) is 0 Å². The van der Waals surface area contributed by atoms with Gasteiger partial charge < -0.3 is 15.0 Å². The number of benzene rings is 2. The molecule has 0 saturated carbocycles. The van der Waals surface area contributed by atoms with Crippen LogP contribution in [-0.4, -0.2) is 11.1 Å². The van der Waals surface area contributed by atoms with E-state index in [0.29, 0.717) is 6.42 Å². The number of hydrogen-bond acceptors (Lipinski definition) is 3. The summed E-state index contributed by atoms with van der Waals surface area (Å²) in [6, 6.07) is 15.5. The molecule has 0 saturated heterocycles. The monoisotopic (exact) mass is 241 g/mol. The molecule has 0 fully saturated rings. The molecule has 0 radical (unpaired) electrons. The van der Waals surface area contributed by atoms with Crippen LogP contribution in [-0.2, 0) is 11.2 Å². The number of carboxylic acids is 1. The summed E-state index contributed by atoms with van der Waals surface area (Å²) in [7, 11) is 0. The molecule has 0 amide bonds. The third kappa shape index (κ3) is 2.88. The Morgan fingerprint density at radius 2 is 1.67 bits per heavy atom. The molecule has 0 bridgehead atoms. The Bertz CT molecular complexity index is 517. The van der Waals surface area contributed by atoms with E-state index in [1.807, 2.05) is 18.2 Å². The van der Waals surface area contributed by atoms with Crippen molar-refractivity contribution in [2.45, 2.75) is 12.3 Å². The minimum atomic E-state index is -1.09. The normalized spacial score (nSPS) is 12.0. The van der Waals surface area contributed by atoms with Crippen molar-refractivity contribution in [2.24, 2.45) is 0 Å². The smallest absolute Gasteiger partial charge is 0.115 e. The molecule has 0 spiro atoms. The molecule has 2 aromatic rings. The predicted octanol–water partition coefficient (Wildman–Crippen LogP) is 1.47. The van der Waals surface area contributed by atoms with Gasteiger partial charge in [0, 0.05) is 11.9 Å². The molecule has 1 atom stereocenters. The van der Waals surface area contributed by atoms with Crippen LogP contribution in [0.2, 0.25) is 0 Å². The second-order valence-electron chi connectivity index (χ2n) is 4.15. The van der Waals surface area contributed by atoms with Crippen LogP contribution >= 0.6 is 0 Å². The lowest BCUT2D eigenvalue weighted by molar-refractivity contribution is -0.308. The lowest BCUT2D eigenvalue weighted by atomic mass is 9.92. The highest BCUT2D eigenvalue weighted by atomic mass is 16.4. The number of phenols is 1. The minimum Gasteiger partial charge on any atom is -0.549 e. The van der Waals surface area contributed by atoms with Crippen molar-refractivity contribution in [2.75, 3.05) is 0 Å². The molecule has 2 aromatic carbocycles. The van der Waals surface area contributed by atoms with E-state index in [1.165, 1.54) is 0 Å². The molecule has 0 aliphatic rings. The van der Waals surface area contributed by atoms with Crippen molar-refractivity contribution < 1.29 is 15.0 Å². The van der Waals surface area contributed by atoms with E-state index in [0.717, 1.165) is 11.1 Å². The molecule has 1 N–H and O–H groups in total. The average molecular weight is 241 g/mol. The van der Waals surface area contributed by atoms with Crippen molar-refractivity contribution in [1.29, 1.82) is 0 Å². The Balaban J connectivity index is 2.22. The number of aliphatic carboxylic acids is 1. The minimum absolute atomic E-state index is 0.170. The largest absolute Gasteiger partial charge is 0.549 e. The fourth-order valence-corrected chi connectivity index (χ4v) is 1.89. The van der Waals surface area contributed by atoms with Crippen LogP contribution in [0.1, 0.15) is 17.0 Å². The fourth-order valence-electron chi connectivity index (χ4n) is 1.89. The van der Waals surface area contributed by atoms with Crippen LogP contribution in [0, 0.1) is 0 Å². The van der Waals surface area contributed by atoms with Gasteiger partial charge in [0.05, 0.1) is 0 Å². The SMILES string of the molecule is O=C([O-])[C@@H](Cc1ccc(O)cc1)c1ccccc1. The predicted molar refractivity (Wildman–Crippen MR) is 66.0 cm³/mol. The van der Waals surface area contributed by atoms with E-state index in [9.17, 15) is 15.0 Å². The Morgan fingerprint density at radius 3 is 2.22 bits per heavy atom. The van der Waals surface area contributed by atoms with Crippen LogP contribution < -0.4 is 5.11 Å². The van der Waals surface area contributed by atoms with Gasteiger partial charge in [-0.2, -0.15) is 0 Å². The van der Waals surface area contributed by atoms with Crippen LogP contribution in [0.4, 0.5) is 0 Å². The standard InChI is InChI=1S/C15H14O3/c16-13-8-6-11(7-9-13)10-14(15(17)18)12-4-2-1-3-5-12/h1-9,14,16H,10H2,(H,17,18)/p-1/t14-/m0/s1. The molecule has 3 heteroatoms. The molecule has 3 nitrogen and oxygen atoms in total. The number of carbonyl (C=O) groups excluding carboxylic acids is 1.